The van der Waals surface area contributed by atoms with Crippen molar-refractivity contribution in [2.24, 2.45) is 0 Å². The molecule has 1 aromatic carbocycles. The van der Waals surface area contributed by atoms with Crippen molar-refractivity contribution in [1.29, 1.82) is 0 Å². The molecule has 92 valence electrons. The summed E-state index contributed by atoms with van der Waals surface area (Å²) in [4.78, 5) is 14.3. The van der Waals surface area contributed by atoms with Gasteiger partial charge in [0.1, 0.15) is 0 Å². The summed E-state index contributed by atoms with van der Waals surface area (Å²) in [7, 11) is 0. The number of aryl methyl sites for hydroxylation is 1. The van der Waals surface area contributed by atoms with Gasteiger partial charge in [0.05, 0.1) is 5.56 Å². The molecule has 0 bridgehead atoms. The van der Waals surface area contributed by atoms with Crippen molar-refractivity contribution >= 4 is 23.4 Å². The van der Waals surface area contributed by atoms with Crippen LogP contribution in [0.15, 0.2) is 18.2 Å². The summed E-state index contributed by atoms with van der Waals surface area (Å²) < 4.78 is 0. The smallest absolute Gasteiger partial charge is 0.256 e. The monoisotopic (exact) mass is 250 g/mol. The molecule has 4 heteroatoms. The van der Waals surface area contributed by atoms with Crippen molar-refractivity contribution in [2.75, 3.05) is 24.6 Å². The maximum absolute atomic E-state index is 12.4. The van der Waals surface area contributed by atoms with Gasteiger partial charge in [-0.2, -0.15) is 11.8 Å². The Balaban J connectivity index is 2.22. The number of benzene rings is 1. The minimum atomic E-state index is 0.0679. The van der Waals surface area contributed by atoms with Crippen LogP contribution in [0.1, 0.15) is 22.8 Å². The van der Waals surface area contributed by atoms with Crippen LogP contribution in [0.5, 0.6) is 0 Å². The molecular formula is C13H18N2OS. The number of nitrogens with zero attached hydrogens (tertiary/aromatic N) is 1. The Morgan fingerprint density at radius 3 is 3.00 bits per heavy atom. The molecule has 3 nitrogen and oxygen atoms in total. The summed E-state index contributed by atoms with van der Waals surface area (Å²) >= 11 is 1.92. The second kappa shape index (κ2) is 5.00. The third kappa shape index (κ3) is 2.57. The van der Waals surface area contributed by atoms with Crippen LogP contribution < -0.4 is 5.73 Å². The first kappa shape index (κ1) is 12.3. The van der Waals surface area contributed by atoms with E-state index in [4.69, 9.17) is 5.73 Å². The number of anilines is 1. The highest BCUT2D eigenvalue weighted by molar-refractivity contribution is 7.99. The van der Waals surface area contributed by atoms with Crippen LogP contribution in [0.2, 0.25) is 0 Å². The molecular weight excluding hydrogens is 232 g/mol. The van der Waals surface area contributed by atoms with Crippen LogP contribution in [0.25, 0.3) is 0 Å². The van der Waals surface area contributed by atoms with Crippen molar-refractivity contribution in [3.05, 3.63) is 29.3 Å². The van der Waals surface area contributed by atoms with E-state index in [1.54, 1.807) is 0 Å². The molecule has 1 heterocycles. The molecule has 2 rings (SSSR count). The Morgan fingerprint density at radius 2 is 2.29 bits per heavy atom. The van der Waals surface area contributed by atoms with E-state index in [9.17, 15) is 4.79 Å². The van der Waals surface area contributed by atoms with Crippen molar-refractivity contribution in [2.45, 2.75) is 19.1 Å². The number of nitrogen functional groups attached to an aromatic ring is 1. The molecule has 0 radical (unpaired) electrons. The summed E-state index contributed by atoms with van der Waals surface area (Å²) in [5.41, 5.74) is 8.20. The fourth-order valence-corrected chi connectivity index (χ4v) is 3.05. The molecule has 1 aromatic rings. The van der Waals surface area contributed by atoms with Gasteiger partial charge in [0.2, 0.25) is 0 Å². The Bertz CT molecular complexity index is 433. The van der Waals surface area contributed by atoms with Gasteiger partial charge in [-0.05, 0) is 18.6 Å². The zero-order valence-electron chi connectivity index (χ0n) is 10.3. The number of amides is 1. The highest BCUT2D eigenvalue weighted by Crippen LogP contribution is 2.23. The standard InChI is InChI=1S/C13H18N2OS/c1-9-4-3-5-11(12(9)14)13(16)15-6-7-17-10(2)8-15/h3-5,10H,6-8,14H2,1-2H3. The van der Waals surface area contributed by atoms with Crippen LogP contribution in [0.3, 0.4) is 0 Å². The summed E-state index contributed by atoms with van der Waals surface area (Å²) in [6.45, 7) is 5.72. The molecule has 1 saturated heterocycles. The number of thioether (sulfide) groups is 1. The Morgan fingerprint density at radius 1 is 1.53 bits per heavy atom. The van der Waals surface area contributed by atoms with E-state index in [1.807, 2.05) is 41.8 Å². The summed E-state index contributed by atoms with van der Waals surface area (Å²) in [5.74, 6) is 1.08. The van der Waals surface area contributed by atoms with E-state index >= 15 is 0 Å². The van der Waals surface area contributed by atoms with Gasteiger partial charge in [-0.25, -0.2) is 0 Å². The predicted octanol–water partition coefficient (Wildman–Crippen LogP) is 2.15. The molecule has 1 unspecified atom stereocenters. The fourth-order valence-electron chi connectivity index (χ4n) is 2.04. The van der Waals surface area contributed by atoms with E-state index in [1.165, 1.54) is 0 Å². The lowest BCUT2D eigenvalue weighted by molar-refractivity contribution is 0.0764. The maximum atomic E-state index is 12.4. The van der Waals surface area contributed by atoms with Crippen LogP contribution in [-0.4, -0.2) is 34.9 Å². The van der Waals surface area contributed by atoms with Crippen molar-refractivity contribution in [3.8, 4) is 0 Å². The highest BCUT2D eigenvalue weighted by Gasteiger charge is 2.23. The van der Waals surface area contributed by atoms with Crippen LogP contribution in [0.4, 0.5) is 5.69 Å². The molecule has 2 N–H and O–H groups in total. The molecule has 1 atom stereocenters. The molecule has 0 spiro atoms. The number of nitrogens with two attached hydrogens (primary N) is 1. The van der Waals surface area contributed by atoms with Gasteiger partial charge < -0.3 is 10.6 Å². The van der Waals surface area contributed by atoms with Crippen LogP contribution in [0, 0.1) is 6.92 Å². The first-order valence-corrected chi connectivity index (χ1v) is 6.90. The van der Waals surface area contributed by atoms with Crippen molar-refractivity contribution < 1.29 is 4.79 Å². The third-order valence-electron chi connectivity index (χ3n) is 3.08. The van der Waals surface area contributed by atoms with Crippen molar-refractivity contribution in [1.82, 2.24) is 4.90 Å². The summed E-state index contributed by atoms with van der Waals surface area (Å²) in [6, 6.07) is 5.64. The minimum absolute atomic E-state index is 0.0679. The van der Waals surface area contributed by atoms with Gasteiger partial charge >= 0.3 is 0 Å². The van der Waals surface area contributed by atoms with Gasteiger partial charge in [0.15, 0.2) is 0 Å². The molecule has 1 amide bonds. The lowest BCUT2D eigenvalue weighted by atomic mass is 10.1. The lowest BCUT2D eigenvalue weighted by Gasteiger charge is -2.31. The number of rotatable bonds is 1. The van der Waals surface area contributed by atoms with E-state index in [0.29, 0.717) is 16.5 Å². The number of para-hydroxylation sites is 1. The van der Waals surface area contributed by atoms with E-state index in [-0.39, 0.29) is 5.91 Å². The normalized spacial score (nSPS) is 20.4. The average Bonchev–Trinajstić information content (AvgIpc) is 2.32. The molecule has 0 aliphatic carbocycles. The number of hydrogen-bond donors (Lipinski definition) is 1. The van der Waals surface area contributed by atoms with E-state index in [0.717, 1.165) is 24.4 Å². The van der Waals surface area contributed by atoms with Gasteiger partial charge in [0.25, 0.3) is 5.91 Å². The first-order valence-electron chi connectivity index (χ1n) is 5.85. The zero-order valence-corrected chi connectivity index (χ0v) is 11.1. The molecule has 17 heavy (non-hydrogen) atoms. The average molecular weight is 250 g/mol. The quantitative estimate of drug-likeness (QED) is 0.777. The topological polar surface area (TPSA) is 46.3 Å². The number of carbonyl (C=O) groups is 1. The molecule has 0 saturated carbocycles. The summed E-state index contributed by atoms with van der Waals surface area (Å²) in [6.07, 6.45) is 0. The van der Waals surface area contributed by atoms with Crippen LogP contribution >= 0.6 is 11.8 Å². The molecule has 0 aromatic heterocycles. The van der Waals surface area contributed by atoms with Crippen LogP contribution in [-0.2, 0) is 0 Å². The molecule has 1 fully saturated rings. The molecule has 1 aliphatic heterocycles. The Kier molecular flexibility index (Phi) is 3.62. The zero-order chi connectivity index (χ0) is 12.4. The summed E-state index contributed by atoms with van der Waals surface area (Å²) in [5, 5.41) is 0.513. The second-order valence-electron chi connectivity index (χ2n) is 4.47. The highest BCUT2D eigenvalue weighted by atomic mass is 32.2. The largest absolute Gasteiger partial charge is 0.398 e. The fraction of sp³-hybridized carbons (Fsp3) is 0.462. The second-order valence-corrected chi connectivity index (χ2v) is 6.02. The lowest BCUT2D eigenvalue weighted by Crippen LogP contribution is -2.41. The van der Waals surface area contributed by atoms with E-state index in [2.05, 4.69) is 6.92 Å². The Hall–Kier alpha value is -1.16. The number of hydrogen-bond acceptors (Lipinski definition) is 3. The SMILES string of the molecule is Cc1cccc(C(=O)N2CCSC(C)C2)c1N. The van der Waals surface area contributed by atoms with Gasteiger partial charge in [-0.15, -0.1) is 0 Å². The maximum Gasteiger partial charge on any atom is 0.256 e. The molecule has 1 aliphatic rings. The van der Waals surface area contributed by atoms with Crippen molar-refractivity contribution in [3.63, 3.8) is 0 Å². The predicted molar refractivity (Wildman–Crippen MR) is 73.4 cm³/mol. The minimum Gasteiger partial charge on any atom is -0.398 e. The van der Waals surface area contributed by atoms with Gasteiger partial charge in [0, 0.05) is 29.8 Å². The Labute approximate surface area is 106 Å². The van der Waals surface area contributed by atoms with Gasteiger partial charge in [-0.3, -0.25) is 4.79 Å². The first-order chi connectivity index (χ1) is 8.09. The number of carbonyl (C=O) groups excluding carboxylic acids is 1. The third-order valence-corrected chi connectivity index (χ3v) is 4.22. The van der Waals surface area contributed by atoms with Gasteiger partial charge in [-0.1, -0.05) is 19.1 Å². The van der Waals surface area contributed by atoms with E-state index < -0.39 is 0 Å².